The fourth-order valence-electron chi connectivity index (χ4n) is 3.16. The molecule has 2 aliphatic carbocycles. The maximum Gasteiger partial charge on any atom is 0.0998 e. The lowest BCUT2D eigenvalue weighted by atomic mass is 9.70. The minimum atomic E-state index is 0.579. The summed E-state index contributed by atoms with van der Waals surface area (Å²) in [6, 6.07) is 0. The van der Waals surface area contributed by atoms with E-state index >= 15 is 0 Å². The summed E-state index contributed by atoms with van der Waals surface area (Å²) in [7, 11) is 1.79. The molecule has 0 spiro atoms. The number of ether oxygens (including phenoxy) is 1. The number of fused-ring (bicyclic) bond motifs is 3. The zero-order chi connectivity index (χ0) is 10.3. The Morgan fingerprint density at radius 1 is 1.47 bits per heavy atom. The van der Waals surface area contributed by atoms with Gasteiger partial charge >= 0.3 is 0 Å². The maximum atomic E-state index is 5.52. The lowest BCUT2D eigenvalue weighted by molar-refractivity contribution is 0.182. The Balaban J connectivity index is 1.96. The number of nitrogens with one attached hydrogen (secondary N) is 1. The minimum absolute atomic E-state index is 0.579. The number of hydrogen-bond donors (Lipinski definition) is 1. The van der Waals surface area contributed by atoms with Crippen LogP contribution in [0.5, 0.6) is 0 Å². The fraction of sp³-hybridized carbons (Fsp3) is 0.538. The normalized spacial score (nSPS) is 37.8. The third-order valence-electron chi connectivity index (χ3n) is 3.90. The molecule has 3 rings (SSSR count). The van der Waals surface area contributed by atoms with Crippen LogP contribution in [0.4, 0.5) is 0 Å². The van der Waals surface area contributed by atoms with Gasteiger partial charge in [0.1, 0.15) is 0 Å². The van der Waals surface area contributed by atoms with Crippen molar-refractivity contribution in [2.75, 3.05) is 20.2 Å². The molecule has 0 aromatic carbocycles. The smallest absolute Gasteiger partial charge is 0.0998 e. The molecule has 0 aromatic heterocycles. The molecule has 1 aliphatic heterocycles. The van der Waals surface area contributed by atoms with Gasteiger partial charge in [-0.3, -0.25) is 0 Å². The zero-order valence-electron chi connectivity index (χ0n) is 9.07. The summed E-state index contributed by atoms with van der Waals surface area (Å²) in [6.07, 6.45) is 10.2. The molecule has 80 valence electrons. The number of allylic oxidation sites excluding steroid dienone is 5. The van der Waals surface area contributed by atoms with Crippen LogP contribution in [0.25, 0.3) is 0 Å². The van der Waals surface area contributed by atoms with Gasteiger partial charge < -0.3 is 10.1 Å². The largest absolute Gasteiger partial charge is 0.501 e. The van der Waals surface area contributed by atoms with E-state index in [9.17, 15) is 0 Å². The Bertz CT molecular complexity index is 354. The maximum absolute atomic E-state index is 5.52. The van der Waals surface area contributed by atoms with Crippen molar-refractivity contribution in [2.24, 2.45) is 17.8 Å². The van der Waals surface area contributed by atoms with Crippen molar-refractivity contribution in [3.05, 3.63) is 35.6 Å². The average Bonchev–Trinajstić information content (AvgIpc) is 2.76. The molecule has 3 aliphatic rings. The highest BCUT2D eigenvalue weighted by Gasteiger charge is 2.39. The Morgan fingerprint density at radius 2 is 2.40 bits per heavy atom. The highest BCUT2D eigenvalue weighted by molar-refractivity contribution is 5.30. The Hall–Kier alpha value is -1.02. The van der Waals surface area contributed by atoms with Gasteiger partial charge in [-0.2, -0.15) is 0 Å². The first-order chi connectivity index (χ1) is 7.40. The third-order valence-corrected chi connectivity index (χ3v) is 3.90. The predicted molar refractivity (Wildman–Crippen MR) is 60.3 cm³/mol. The molecule has 3 atom stereocenters. The van der Waals surface area contributed by atoms with E-state index < -0.39 is 0 Å². The monoisotopic (exact) mass is 203 g/mol. The van der Waals surface area contributed by atoms with E-state index in [-0.39, 0.29) is 0 Å². The van der Waals surface area contributed by atoms with Crippen LogP contribution in [0, 0.1) is 17.8 Å². The molecule has 0 saturated carbocycles. The first-order valence-electron chi connectivity index (χ1n) is 5.72. The summed E-state index contributed by atoms with van der Waals surface area (Å²) in [5.41, 5.74) is 1.59. The quantitative estimate of drug-likeness (QED) is 0.657. The predicted octanol–water partition coefficient (Wildman–Crippen LogP) is 1.87. The molecule has 1 fully saturated rings. The van der Waals surface area contributed by atoms with Crippen LogP contribution in [0.2, 0.25) is 0 Å². The number of rotatable bonds is 1. The van der Waals surface area contributed by atoms with Crippen molar-refractivity contribution in [3.8, 4) is 0 Å². The van der Waals surface area contributed by atoms with E-state index in [1.807, 2.05) is 0 Å². The van der Waals surface area contributed by atoms with E-state index in [0.29, 0.717) is 17.8 Å². The lowest BCUT2D eigenvalue weighted by Crippen LogP contribution is -2.31. The second-order valence-electron chi connectivity index (χ2n) is 4.60. The van der Waals surface area contributed by atoms with Gasteiger partial charge in [0.05, 0.1) is 12.9 Å². The van der Waals surface area contributed by atoms with Crippen molar-refractivity contribution < 1.29 is 4.74 Å². The molecule has 3 unspecified atom stereocenters. The van der Waals surface area contributed by atoms with Crippen LogP contribution in [0.1, 0.15) is 6.42 Å². The summed E-state index contributed by atoms with van der Waals surface area (Å²) < 4.78 is 5.52. The SMILES string of the molecule is COC1=CC=CC2CC=C3CNCC3C12. The molecule has 2 heteroatoms. The molecule has 0 radical (unpaired) electrons. The van der Waals surface area contributed by atoms with Gasteiger partial charge in [-0.05, 0) is 18.4 Å². The summed E-state index contributed by atoms with van der Waals surface area (Å²) in [4.78, 5) is 0. The van der Waals surface area contributed by atoms with Gasteiger partial charge in [-0.1, -0.05) is 23.8 Å². The second-order valence-corrected chi connectivity index (χ2v) is 4.60. The third kappa shape index (κ3) is 1.36. The molecule has 1 N–H and O–H groups in total. The van der Waals surface area contributed by atoms with Gasteiger partial charge in [-0.15, -0.1) is 0 Å². The molecule has 2 nitrogen and oxygen atoms in total. The van der Waals surface area contributed by atoms with E-state index in [0.717, 1.165) is 13.1 Å². The van der Waals surface area contributed by atoms with Gasteiger partial charge in [0.25, 0.3) is 0 Å². The highest BCUT2D eigenvalue weighted by atomic mass is 16.5. The van der Waals surface area contributed by atoms with E-state index in [1.165, 1.54) is 12.2 Å². The summed E-state index contributed by atoms with van der Waals surface area (Å²) in [5, 5.41) is 3.47. The van der Waals surface area contributed by atoms with Crippen LogP contribution in [-0.4, -0.2) is 20.2 Å². The van der Waals surface area contributed by atoms with Crippen LogP contribution < -0.4 is 5.32 Å². The van der Waals surface area contributed by atoms with Gasteiger partial charge in [0, 0.05) is 24.9 Å². The van der Waals surface area contributed by atoms with Crippen molar-refractivity contribution >= 4 is 0 Å². The van der Waals surface area contributed by atoms with E-state index in [2.05, 4.69) is 29.6 Å². The fourth-order valence-corrected chi connectivity index (χ4v) is 3.16. The van der Waals surface area contributed by atoms with Crippen molar-refractivity contribution in [3.63, 3.8) is 0 Å². The Labute approximate surface area is 90.7 Å². The standard InChI is InChI=1S/C13H17NO/c1-15-12-4-2-3-9-5-6-10-7-14-8-11(10)13(9)12/h2-4,6,9,11,13-14H,5,7-8H2,1H3. The first kappa shape index (κ1) is 9.22. The Morgan fingerprint density at radius 3 is 3.27 bits per heavy atom. The van der Waals surface area contributed by atoms with Crippen molar-refractivity contribution in [1.29, 1.82) is 0 Å². The van der Waals surface area contributed by atoms with E-state index in [4.69, 9.17) is 4.74 Å². The molecule has 0 aromatic rings. The summed E-state index contributed by atoms with van der Waals surface area (Å²) in [6.45, 7) is 2.19. The summed E-state index contributed by atoms with van der Waals surface area (Å²) >= 11 is 0. The van der Waals surface area contributed by atoms with Crippen LogP contribution in [0.15, 0.2) is 35.6 Å². The molecule has 15 heavy (non-hydrogen) atoms. The molecular weight excluding hydrogens is 186 g/mol. The van der Waals surface area contributed by atoms with Gasteiger partial charge in [-0.25, -0.2) is 0 Å². The minimum Gasteiger partial charge on any atom is -0.501 e. The average molecular weight is 203 g/mol. The van der Waals surface area contributed by atoms with Crippen molar-refractivity contribution in [2.45, 2.75) is 6.42 Å². The number of methoxy groups -OCH3 is 1. The molecule has 1 heterocycles. The number of hydrogen-bond acceptors (Lipinski definition) is 2. The van der Waals surface area contributed by atoms with E-state index in [1.54, 1.807) is 12.7 Å². The first-order valence-corrected chi connectivity index (χ1v) is 5.72. The second kappa shape index (κ2) is 3.53. The Kier molecular flexibility index (Phi) is 2.17. The van der Waals surface area contributed by atoms with Crippen LogP contribution >= 0.6 is 0 Å². The van der Waals surface area contributed by atoms with Crippen LogP contribution in [0.3, 0.4) is 0 Å². The van der Waals surface area contributed by atoms with Gasteiger partial charge in [0.15, 0.2) is 0 Å². The molecule has 0 amide bonds. The topological polar surface area (TPSA) is 21.3 Å². The lowest BCUT2D eigenvalue weighted by Gasteiger charge is -2.36. The summed E-state index contributed by atoms with van der Waals surface area (Å²) in [5.74, 6) is 3.07. The zero-order valence-corrected chi connectivity index (χ0v) is 9.07. The molecular formula is C13H17NO. The molecule has 1 saturated heterocycles. The highest BCUT2D eigenvalue weighted by Crippen LogP contribution is 2.43. The van der Waals surface area contributed by atoms with Gasteiger partial charge in [0.2, 0.25) is 0 Å². The molecule has 0 bridgehead atoms. The van der Waals surface area contributed by atoms with Crippen LogP contribution in [-0.2, 0) is 4.74 Å². The van der Waals surface area contributed by atoms with Crippen molar-refractivity contribution in [1.82, 2.24) is 5.32 Å².